The van der Waals surface area contributed by atoms with Crippen LogP contribution in [0.4, 0.5) is 5.69 Å². The number of carbonyl (C=O) groups excluding carboxylic acids is 1. The summed E-state index contributed by atoms with van der Waals surface area (Å²) in [4.78, 5) is 16.6. The van der Waals surface area contributed by atoms with Crippen LogP contribution in [-0.2, 0) is 14.6 Å². The van der Waals surface area contributed by atoms with Gasteiger partial charge in [-0.25, -0.2) is 8.42 Å². The third kappa shape index (κ3) is 3.60. The molecule has 2 aliphatic heterocycles. The van der Waals surface area contributed by atoms with E-state index in [0.717, 1.165) is 13.1 Å². The smallest absolute Gasteiger partial charge is 0.223 e. The highest BCUT2D eigenvalue weighted by molar-refractivity contribution is 7.94. The van der Waals surface area contributed by atoms with Gasteiger partial charge in [-0.2, -0.15) is 0 Å². The van der Waals surface area contributed by atoms with Gasteiger partial charge in [0, 0.05) is 49.6 Å². The number of allylic oxidation sites excluding steroid dienone is 1. The predicted molar refractivity (Wildman–Crippen MR) is 104 cm³/mol. The van der Waals surface area contributed by atoms with Gasteiger partial charge in [-0.3, -0.25) is 4.79 Å². The topological polar surface area (TPSA) is 57.7 Å². The van der Waals surface area contributed by atoms with Gasteiger partial charge in [-0.1, -0.05) is 36.4 Å². The third-order valence-electron chi connectivity index (χ3n) is 5.17. The van der Waals surface area contributed by atoms with E-state index in [2.05, 4.69) is 35.2 Å². The normalized spacial score (nSPS) is 22.1. The maximum Gasteiger partial charge on any atom is 0.223 e. The van der Waals surface area contributed by atoms with Crippen molar-refractivity contribution >= 4 is 32.2 Å². The molecule has 4 rings (SSSR count). The first-order valence-corrected chi connectivity index (χ1v) is 10.6. The Balaban J connectivity index is 1.36. The Morgan fingerprint density at radius 2 is 1.73 bits per heavy atom. The van der Waals surface area contributed by atoms with Crippen LogP contribution in [0.1, 0.15) is 6.42 Å². The van der Waals surface area contributed by atoms with Crippen molar-refractivity contribution in [1.29, 1.82) is 0 Å². The number of hydrogen-bond acceptors (Lipinski definition) is 4. The van der Waals surface area contributed by atoms with Gasteiger partial charge in [0.05, 0.1) is 5.75 Å². The molecular weight excluding hydrogens is 348 g/mol. The molecule has 0 spiro atoms. The minimum atomic E-state index is -3.09. The van der Waals surface area contributed by atoms with E-state index in [1.807, 2.05) is 17.0 Å². The first kappa shape index (κ1) is 17.1. The number of benzene rings is 2. The number of nitrogens with zero attached hydrogens (tertiary/aromatic N) is 2. The van der Waals surface area contributed by atoms with Gasteiger partial charge in [-0.05, 0) is 22.9 Å². The third-order valence-corrected chi connectivity index (χ3v) is 6.64. The van der Waals surface area contributed by atoms with E-state index in [-0.39, 0.29) is 24.0 Å². The summed E-state index contributed by atoms with van der Waals surface area (Å²) in [5.41, 5.74) is 1.18. The van der Waals surface area contributed by atoms with Crippen LogP contribution in [0, 0.1) is 5.92 Å². The quantitative estimate of drug-likeness (QED) is 0.833. The largest absolute Gasteiger partial charge is 0.368 e. The predicted octanol–water partition coefficient (Wildman–Crippen LogP) is 2.44. The lowest BCUT2D eigenvalue weighted by Gasteiger charge is -2.36. The maximum absolute atomic E-state index is 12.5. The molecule has 2 heterocycles. The molecule has 2 aromatic carbocycles. The van der Waals surface area contributed by atoms with E-state index >= 15 is 0 Å². The van der Waals surface area contributed by atoms with Crippen molar-refractivity contribution in [2.45, 2.75) is 6.42 Å². The fourth-order valence-electron chi connectivity index (χ4n) is 3.71. The Morgan fingerprint density at radius 3 is 2.42 bits per heavy atom. The van der Waals surface area contributed by atoms with Crippen LogP contribution < -0.4 is 4.90 Å². The molecule has 1 unspecified atom stereocenters. The van der Waals surface area contributed by atoms with Crippen molar-refractivity contribution in [3.63, 3.8) is 0 Å². The summed E-state index contributed by atoms with van der Waals surface area (Å²) in [5, 5.41) is 3.69. The Hall–Kier alpha value is -2.34. The molecule has 136 valence electrons. The zero-order valence-electron chi connectivity index (χ0n) is 14.5. The Kier molecular flexibility index (Phi) is 4.44. The molecule has 6 heteroatoms. The maximum atomic E-state index is 12.5. The fourth-order valence-corrected chi connectivity index (χ4v) is 5.11. The van der Waals surface area contributed by atoms with Gasteiger partial charge >= 0.3 is 0 Å². The van der Waals surface area contributed by atoms with Gasteiger partial charge in [0.15, 0.2) is 9.84 Å². The second-order valence-electron chi connectivity index (χ2n) is 7.02. The molecule has 1 saturated heterocycles. The number of amides is 1. The molecule has 26 heavy (non-hydrogen) atoms. The molecule has 0 bridgehead atoms. The van der Waals surface area contributed by atoms with E-state index < -0.39 is 9.84 Å². The van der Waals surface area contributed by atoms with E-state index in [9.17, 15) is 13.2 Å². The second-order valence-corrected chi connectivity index (χ2v) is 8.95. The standard InChI is InChI=1S/C20H22N2O3S/c23-20(13-16-7-12-26(24,25)15-16)22-10-8-21(9-11-22)19-6-5-17-3-1-2-4-18(17)14-19/h1-7,12,14,16H,8-11,13,15H2. The number of carbonyl (C=O) groups is 1. The van der Waals surface area contributed by atoms with Crippen molar-refractivity contribution in [2.75, 3.05) is 36.8 Å². The molecule has 5 nitrogen and oxygen atoms in total. The lowest BCUT2D eigenvalue weighted by molar-refractivity contribution is -0.132. The van der Waals surface area contributed by atoms with Crippen molar-refractivity contribution in [3.05, 3.63) is 53.9 Å². The molecule has 1 amide bonds. The summed E-state index contributed by atoms with van der Waals surface area (Å²) in [6.07, 6.45) is 1.93. The zero-order valence-corrected chi connectivity index (χ0v) is 15.4. The first-order chi connectivity index (χ1) is 12.5. The van der Waals surface area contributed by atoms with E-state index in [1.165, 1.54) is 21.9 Å². The molecule has 0 radical (unpaired) electrons. The van der Waals surface area contributed by atoms with Gasteiger partial charge in [0.1, 0.15) is 0 Å². The Bertz CT molecular complexity index is 960. The second kappa shape index (κ2) is 6.76. The molecule has 0 aromatic heterocycles. The highest BCUT2D eigenvalue weighted by atomic mass is 32.2. The van der Waals surface area contributed by atoms with E-state index in [1.54, 1.807) is 6.08 Å². The van der Waals surface area contributed by atoms with Gasteiger partial charge in [0.2, 0.25) is 5.91 Å². The zero-order chi connectivity index (χ0) is 18.1. The summed E-state index contributed by atoms with van der Waals surface area (Å²) in [5.74, 6) is -0.0589. The molecule has 2 aromatic rings. The van der Waals surface area contributed by atoms with Crippen molar-refractivity contribution in [2.24, 2.45) is 5.92 Å². The number of piperazine rings is 1. The van der Waals surface area contributed by atoms with Crippen molar-refractivity contribution < 1.29 is 13.2 Å². The number of anilines is 1. The highest BCUT2D eigenvalue weighted by Gasteiger charge is 2.27. The Morgan fingerprint density at radius 1 is 1.00 bits per heavy atom. The van der Waals surface area contributed by atoms with Crippen molar-refractivity contribution in [3.8, 4) is 0 Å². The number of rotatable bonds is 3. The molecule has 0 saturated carbocycles. The van der Waals surface area contributed by atoms with Gasteiger partial charge in [-0.15, -0.1) is 0 Å². The number of fused-ring (bicyclic) bond motifs is 1. The van der Waals surface area contributed by atoms with Gasteiger partial charge < -0.3 is 9.80 Å². The summed E-state index contributed by atoms with van der Waals surface area (Å²) in [6, 6.07) is 14.8. The Labute approximate surface area is 153 Å². The SMILES string of the molecule is O=C(CC1C=CS(=O)(=O)C1)N1CCN(c2ccc3ccccc3c2)CC1. The molecule has 2 aliphatic rings. The minimum Gasteiger partial charge on any atom is -0.368 e. The van der Waals surface area contributed by atoms with Crippen LogP contribution in [0.2, 0.25) is 0 Å². The van der Waals surface area contributed by atoms with E-state index in [4.69, 9.17) is 0 Å². The average Bonchev–Trinajstić information content (AvgIpc) is 2.99. The number of hydrogen-bond donors (Lipinski definition) is 0. The van der Waals surface area contributed by atoms with Crippen LogP contribution in [0.3, 0.4) is 0 Å². The summed E-state index contributed by atoms with van der Waals surface area (Å²) in [6.45, 7) is 2.94. The minimum absolute atomic E-state index is 0.0508. The van der Waals surface area contributed by atoms with E-state index in [0.29, 0.717) is 13.1 Å². The van der Waals surface area contributed by atoms with Crippen molar-refractivity contribution in [1.82, 2.24) is 4.90 Å². The van der Waals surface area contributed by atoms with Crippen LogP contribution >= 0.6 is 0 Å². The molecule has 1 atom stereocenters. The molecule has 1 fully saturated rings. The van der Waals surface area contributed by atoms with Gasteiger partial charge in [0.25, 0.3) is 0 Å². The van der Waals surface area contributed by atoms with Crippen LogP contribution in [-0.4, -0.2) is 51.2 Å². The molecular formula is C20H22N2O3S. The highest BCUT2D eigenvalue weighted by Crippen LogP contribution is 2.24. The van der Waals surface area contributed by atoms with Crippen LogP contribution in [0.5, 0.6) is 0 Å². The fraction of sp³-hybridized carbons (Fsp3) is 0.350. The summed E-state index contributed by atoms with van der Waals surface area (Å²) < 4.78 is 22.9. The summed E-state index contributed by atoms with van der Waals surface area (Å²) >= 11 is 0. The summed E-state index contributed by atoms with van der Waals surface area (Å²) in [7, 11) is -3.09. The molecule has 0 N–H and O–H groups in total. The number of sulfone groups is 1. The molecule has 0 aliphatic carbocycles. The lowest BCUT2D eigenvalue weighted by Crippen LogP contribution is -2.49. The lowest BCUT2D eigenvalue weighted by atomic mass is 10.1. The average molecular weight is 370 g/mol. The monoisotopic (exact) mass is 370 g/mol. The van der Waals surface area contributed by atoms with Crippen LogP contribution in [0.25, 0.3) is 10.8 Å². The van der Waals surface area contributed by atoms with Crippen LogP contribution in [0.15, 0.2) is 53.9 Å². The first-order valence-electron chi connectivity index (χ1n) is 8.93.